The molecule has 0 N–H and O–H groups in total. The van der Waals surface area contributed by atoms with E-state index in [4.69, 9.17) is 4.74 Å². The fourth-order valence-electron chi connectivity index (χ4n) is 4.46. The van der Waals surface area contributed by atoms with Gasteiger partial charge in [-0.3, -0.25) is 0 Å². The van der Waals surface area contributed by atoms with Crippen molar-refractivity contribution in [3.05, 3.63) is 89.7 Å². The molecule has 1 aliphatic rings. The number of nitrogens with zero attached hydrogens (tertiary/aromatic N) is 2. The summed E-state index contributed by atoms with van der Waals surface area (Å²) >= 11 is 0. The maximum absolute atomic E-state index is 14.5. The van der Waals surface area contributed by atoms with Gasteiger partial charge in [0.05, 0.1) is 16.9 Å². The first-order valence-corrected chi connectivity index (χ1v) is 15.0. The zero-order chi connectivity index (χ0) is 26.6. The number of hydrogen-bond donors (Lipinski definition) is 0. The first-order chi connectivity index (χ1) is 17.6. The van der Waals surface area contributed by atoms with E-state index in [1.54, 1.807) is 42.5 Å². The highest BCUT2D eigenvalue weighted by atomic mass is 32.2. The highest BCUT2D eigenvalue weighted by Gasteiger charge is 2.30. The van der Waals surface area contributed by atoms with E-state index in [0.29, 0.717) is 24.4 Å². The topological polar surface area (TPSA) is 84.0 Å². The van der Waals surface area contributed by atoms with Crippen LogP contribution in [0.15, 0.2) is 82.6 Å². The molecule has 1 saturated heterocycles. The molecule has 10 heteroatoms. The summed E-state index contributed by atoms with van der Waals surface area (Å²) < 4.78 is 76.1. The van der Waals surface area contributed by atoms with Crippen LogP contribution in [0.25, 0.3) is 0 Å². The molecule has 0 saturated carbocycles. The number of piperidine rings is 1. The summed E-state index contributed by atoms with van der Waals surface area (Å²) in [5.74, 6) is 0.333. The summed E-state index contributed by atoms with van der Waals surface area (Å²) in [5.41, 5.74) is 0.894. The fraction of sp³-hybridized carbons (Fsp3) is 0.333. The van der Waals surface area contributed by atoms with E-state index in [-0.39, 0.29) is 34.4 Å². The van der Waals surface area contributed by atoms with Crippen molar-refractivity contribution in [1.29, 1.82) is 0 Å². The minimum atomic E-state index is -4.11. The van der Waals surface area contributed by atoms with Crippen LogP contribution in [-0.2, 0) is 33.1 Å². The summed E-state index contributed by atoms with van der Waals surface area (Å²) in [5, 5.41) is 0. The molecule has 198 valence electrons. The second-order valence-electron chi connectivity index (χ2n) is 9.30. The Kier molecular flexibility index (Phi) is 8.33. The Labute approximate surface area is 218 Å². The summed E-state index contributed by atoms with van der Waals surface area (Å²) in [6.45, 7) is 2.68. The molecule has 0 spiro atoms. The van der Waals surface area contributed by atoms with Crippen LogP contribution >= 0.6 is 0 Å². The highest BCUT2D eigenvalue weighted by molar-refractivity contribution is 7.89. The van der Waals surface area contributed by atoms with E-state index in [1.807, 2.05) is 6.92 Å². The van der Waals surface area contributed by atoms with Crippen molar-refractivity contribution in [2.75, 3.05) is 20.2 Å². The van der Waals surface area contributed by atoms with Gasteiger partial charge in [-0.1, -0.05) is 37.3 Å². The van der Waals surface area contributed by atoms with E-state index >= 15 is 0 Å². The van der Waals surface area contributed by atoms with Gasteiger partial charge in [0.25, 0.3) is 0 Å². The van der Waals surface area contributed by atoms with Crippen molar-refractivity contribution in [2.45, 2.75) is 42.6 Å². The predicted molar refractivity (Wildman–Crippen MR) is 139 cm³/mol. The van der Waals surface area contributed by atoms with Gasteiger partial charge in [-0.25, -0.2) is 21.2 Å². The van der Waals surface area contributed by atoms with E-state index in [1.165, 1.54) is 46.1 Å². The Morgan fingerprint density at radius 2 is 1.65 bits per heavy atom. The lowest BCUT2D eigenvalue weighted by Gasteiger charge is -2.30. The van der Waals surface area contributed by atoms with Crippen molar-refractivity contribution in [1.82, 2.24) is 8.61 Å². The molecule has 7 nitrogen and oxygen atoms in total. The summed E-state index contributed by atoms with van der Waals surface area (Å²) in [6.07, 6.45) is 1.77. The lowest BCUT2D eigenvalue weighted by atomic mass is 10.0. The molecule has 4 rings (SSSR count). The van der Waals surface area contributed by atoms with Crippen LogP contribution in [0.5, 0.6) is 5.75 Å². The number of benzene rings is 3. The van der Waals surface area contributed by atoms with Crippen LogP contribution < -0.4 is 4.74 Å². The summed E-state index contributed by atoms with van der Waals surface area (Å²) in [7, 11) is -6.32. The third kappa shape index (κ3) is 6.20. The lowest BCUT2D eigenvalue weighted by Crippen LogP contribution is -2.39. The maximum Gasteiger partial charge on any atom is 0.243 e. The molecule has 3 aromatic carbocycles. The molecule has 0 bridgehead atoms. The first-order valence-electron chi connectivity index (χ1n) is 12.1. The van der Waals surface area contributed by atoms with Crippen molar-refractivity contribution >= 4 is 20.0 Å². The van der Waals surface area contributed by atoms with Gasteiger partial charge in [-0.15, -0.1) is 0 Å². The molecular weight excluding hydrogens is 515 g/mol. The van der Waals surface area contributed by atoms with Crippen LogP contribution in [-0.4, -0.2) is 45.6 Å². The second-order valence-corrected chi connectivity index (χ2v) is 13.2. The number of sulfonamides is 2. The normalized spacial score (nSPS) is 17.1. The highest BCUT2D eigenvalue weighted by Crippen LogP contribution is 2.27. The SMILES string of the molecule is COc1cccc(CN(Cc2ccccc2F)S(=O)(=O)c2ccc(S(=O)(=O)N3CCC[C@@H](C)C3)cc2)c1. The molecule has 0 amide bonds. The molecule has 0 aromatic heterocycles. The Morgan fingerprint density at radius 3 is 2.32 bits per heavy atom. The molecule has 1 fully saturated rings. The lowest BCUT2D eigenvalue weighted by molar-refractivity contribution is 0.281. The van der Waals surface area contributed by atoms with E-state index in [9.17, 15) is 21.2 Å². The van der Waals surface area contributed by atoms with Crippen molar-refractivity contribution in [3.8, 4) is 5.75 Å². The van der Waals surface area contributed by atoms with Gasteiger partial charge in [-0.2, -0.15) is 8.61 Å². The number of hydrogen-bond acceptors (Lipinski definition) is 5. The van der Waals surface area contributed by atoms with Crippen LogP contribution in [0.1, 0.15) is 30.9 Å². The number of ether oxygens (including phenoxy) is 1. The van der Waals surface area contributed by atoms with E-state index in [0.717, 1.165) is 12.8 Å². The smallest absolute Gasteiger partial charge is 0.243 e. The monoisotopic (exact) mass is 546 g/mol. The Balaban J connectivity index is 1.65. The number of methoxy groups -OCH3 is 1. The molecular formula is C27H31FN2O5S2. The summed E-state index contributed by atoms with van der Waals surface area (Å²) in [6, 6.07) is 18.3. The Morgan fingerprint density at radius 1 is 0.946 bits per heavy atom. The molecule has 1 aliphatic heterocycles. The van der Waals surface area contributed by atoms with Gasteiger partial charge in [0.2, 0.25) is 20.0 Å². The molecule has 37 heavy (non-hydrogen) atoms. The largest absolute Gasteiger partial charge is 0.497 e. The molecule has 0 aliphatic carbocycles. The first kappa shape index (κ1) is 27.3. The van der Waals surface area contributed by atoms with Crippen LogP contribution in [0.2, 0.25) is 0 Å². The van der Waals surface area contributed by atoms with Crippen LogP contribution in [0.4, 0.5) is 4.39 Å². The number of rotatable bonds is 9. The third-order valence-electron chi connectivity index (χ3n) is 6.52. The molecule has 0 unspecified atom stereocenters. The average molecular weight is 547 g/mol. The predicted octanol–water partition coefficient (Wildman–Crippen LogP) is 4.65. The van der Waals surface area contributed by atoms with Gasteiger partial charge in [0, 0.05) is 31.7 Å². The van der Waals surface area contributed by atoms with Gasteiger partial charge in [0.1, 0.15) is 11.6 Å². The number of halogens is 1. The van der Waals surface area contributed by atoms with Crippen LogP contribution in [0.3, 0.4) is 0 Å². The fourth-order valence-corrected chi connectivity index (χ4v) is 7.47. The van der Waals surface area contributed by atoms with Gasteiger partial charge in [0.15, 0.2) is 0 Å². The van der Waals surface area contributed by atoms with Crippen molar-refractivity contribution < 1.29 is 26.0 Å². The molecule has 3 aromatic rings. The Hall–Kier alpha value is -2.79. The maximum atomic E-state index is 14.5. The van der Waals surface area contributed by atoms with Gasteiger partial charge in [-0.05, 0) is 66.8 Å². The minimum absolute atomic E-state index is 0.0282. The zero-order valence-electron chi connectivity index (χ0n) is 20.9. The van der Waals surface area contributed by atoms with Crippen molar-refractivity contribution in [2.24, 2.45) is 5.92 Å². The Bertz CT molecular complexity index is 1440. The minimum Gasteiger partial charge on any atom is -0.497 e. The van der Waals surface area contributed by atoms with Crippen LogP contribution in [0, 0.1) is 11.7 Å². The van der Waals surface area contributed by atoms with Gasteiger partial charge >= 0.3 is 0 Å². The van der Waals surface area contributed by atoms with Crippen molar-refractivity contribution in [3.63, 3.8) is 0 Å². The van der Waals surface area contributed by atoms with E-state index < -0.39 is 25.9 Å². The van der Waals surface area contributed by atoms with E-state index in [2.05, 4.69) is 0 Å². The molecule has 0 radical (unpaired) electrons. The second kappa shape index (κ2) is 11.3. The summed E-state index contributed by atoms with van der Waals surface area (Å²) in [4.78, 5) is -0.0216. The standard InChI is InChI=1S/C27H31FN2O5S2/c1-21-7-6-16-29(18-21)36(31,32)25-12-14-26(15-13-25)37(33,34)30(20-23-9-3-4-11-27(23)28)19-22-8-5-10-24(17-22)35-2/h3-5,8-15,17,21H,6-7,16,18-20H2,1-2H3/t21-/m1/s1. The quantitative estimate of drug-likeness (QED) is 0.390. The molecule has 1 atom stereocenters. The zero-order valence-corrected chi connectivity index (χ0v) is 22.5. The molecule has 1 heterocycles. The third-order valence-corrected chi connectivity index (χ3v) is 10.2. The average Bonchev–Trinajstić information content (AvgIpc) is 2.89. The van der Waals surface area contributed by atoms with Gasteiger partial charge < -0.3 is 4.74 Å².